The molecule has 0 spiro atoms. The van der Waals surface area contributed by atoms with Gasteiger partial charge in [0.2, 0.25) is 5.91 Å². The maximum absolute atomic E-state index is 14.2. The molecule has 2 aromatic carbocycles. The molecule has 39 heavy (non-hydrogen) atoms. The number of aromatic nitrogens is 1. The molecule has 10 nitrogen and oxygen atoms in total. The van der Waals surface area contributed by atoms with E-state index in [1.165, 1.54) is 19.1 Å². The summed E-state index contributed by atoms with van der Waals surface area (Å²) in [6.07, 6.45) is 0. The summed E-state index contributed by atoms with van der Waals surface area (Å²) in [7, 11) is 3.00. The van der Waals surface area contributed by atoms with Gasteiger partial charge in [0.25, 0.3) is 11.8 Å². The van der Waals surface area contributed by atoms with Crippen molar-refractivity contribution in [2.24, 2.45) is 5.73 Å². The maximum Gasteiger partial charge on any atom is 0.273 e. The van der Waals surface area contributed by atoms with Crippen LogP contribution in [0.1, 0.15) is 77.9 Å². The molecule has 0 saturated heterocycles. The highest BCUT2D eigenvalue weighted by atomic mass is 32.1. The number of nitrogens with two attached hydrogens (primary N) is 2. The van der Waals surface area contributed by atoms with E-state index in [2.05, 4.69) is 23.5 Å². The van der Waals surface area contributed by atoms with Gasteiger partial charge in [-0.1, -0.05) is 32.0 Å². The zero-order valence-electron chi connectivity index (χ0n) is 23.2. The van der Waals surface area contributed by atoms with E-state index in [4.69, 9.17) is 20.9 Å². The number of primary amides is 1. The number of amides is 3. The number of methoxy groups -OCH3 is 2. The largest absolute Gasteiger partial charge is 0.493 e. The highest BCUT2D eigenvalue weighted by Crippen LogP contribution is 2.37. The Morgan fingerprint density at radius 1 is 0.974 bits per heavy atom. The molecule has 0 fully saturated rings. The Hall–Kier alpha value is -4.12. The summed E-state index contributed by atoms with van der Waals surface area (Å²) < 4.78 is 14.9. The Kier molecular flexibility index (Phi) is 8.85. The SMILES string of the molecule is COc1ccc([C@H](C(=O)NC(C)(C)C)N(C(=O)c2snc(C(N)=O)c2N)c2ccc(C(C)C)cc2)cc1OC. The first-order valence-corrected chi connectivity index (χ1v) is 13.1. The van der Waals surface area contributed by atoms with Gasteiger partial charge in [-0.2, -0.15) is 4.37 Å². The summed E-state index contributed by atoms with van der Waals surface area (Å²) in [5.41, 5.74) is 12.6. The van der Waals surface area contributed by atoms with Crippen LogP contribution in [0.2, 0.25) is 0 Å². The summed E-state index contributed by atoms with van der Waals surface area (Å²) in [6.45, 7) is 9.66. The lowest BCUT2D eigenvalue weighted by Gasteiger charge is -2.34. The van der Waals surface area contributed by atoms with Crippen LogP contribution in [0.25, 0.3) is 0 Å². The minimum atomic E-state index is -1.15. The first-order valence-electron chi connectivity index (χ1n) is 12.3. The summed E-state index contributed by atoms with van der Waals surface area (Å²) in [4.78, 5) is 41.3. The number of benzene rings is 2. The molecule has 0 bridgehead atoms. The second-order valence-electron chi connectivity index (χ2n) is 10.3. The predicted octanol–water partition coefficient (Wildman–Crippen LogP) is 4.27. The van der Waals surface area contributed by atoms with E-state index < -0.39 is 29.3 Å². The fourth-order valence-electron chi connectivity index (χ4n) is 4.02. The molecule has 0 aliphatic heterocycles. The number of ether oxygens (including phenoxy) is 2. The molecule has 5 N–H and O–H groups in total. The van der Waals surface area contributed by atoms with Crippen LogP contribution in [0.3, 0.4) is 0 Å². The zero-order chi connectivity index (χ0) is 29.1. The van der Waals surface area contributed by atoms with Crippen molar-refractivity contribution in [2.45, 2.75) is 52.1 Å². The monoisotopic (exact) mass is 553 g/mol. The number of nitrogen functional groups attached to an aromatic ring is 1. The third-order valence-electron chi connectivity index (χ3n) is 5.94. The summed E-state index contributed by atoms with van der Waals surface area (Å²) in [6, 6.07) is 11.2. The van der Waals surface area contributed by atoms with E-state index in [9.17, 15) is 14.4 Å². The average molecular weight is 554 g/mol. The van der Waals surface area contributed by atoms with Crippen molar-refractivity contribution in [3.63, 3.8) is 0 Å². The summed E-state index contributed by atoms with van der Waals surface area (Å²) >= 11 is 0.751. The molecule has 208 valence electrons. The van der Waals surface area contributed by atoms with Crippen molar-refractivity contribution in [1.82, 2.24) is 9.69 Å². The molecule has 3 rings (SSSR count). The highest BCUT2D eigenvalue weighted by molar-refractivity contribution is 7.09. The fourth-order valence-corrected chi connectivity index (χ4v) is 4.76. The van der Waals surface area contributed by atoms with Crippen molar-refractivity contribution >= 4 is 40.6 Å². The van der Waals surface area contributed by atoms with Gasteiger partial charge in [-0.05, 0) is 73.6 Å². The van der Waals surface area contributed by atoms with Crippen molar-refractivity contribution in [2.75, 3.05) is 24.9 Å². The zero-order valence-corrected chi connectivity index (χ0v) is 24.0. The van der Waals surface area contributed by atoms with Gasteiger partial charge in [-0.15, -0.1) is 0 Å². The molecule has 1 atom stereocenters. The second-order valence-corrected chi connectivity index (χ2v) is 11.1. The standard InChI is InChI=1S/C28H35N5O5S/c1-15(2)16-8-11-18(12-9-16)33(27(36)24-21(29)22(25(30)34)32-39-24)23(26(35)31-28(3,4)5)17-10-13-19(37-6)20(14-17)38-7/h8-15,23H,29H2,1-7H3,(H2,30,34)(H,31,35)/t23-/m1/s1. The molecule has 1 heterocycles. The number of hydrogen-bond donors (Lipinski definition) is 3. The van der Waals surface area contributed by atoms with Gasteiger partial charge in [-0.25, -0.2) is 0 Å². The van der Waals surface area contributed by atoms with E-state index in [-0.39, 0.29) is 22.2 Å². The Bertz CT molecular complexity index is 1360. The van der Waals surface area contributed by atoms with Crippen LogP contribution in [0.5, 0.6) is 11.5 Å². The highest BCUT2D eigenvalue weighted by Gasteiger charge is 2.37. The topological polar surface area (TPSA) is 150 Å². The lowest BCUT2D eigenvalue weighted by Crippen LogP contribution is -2.49. The van der Waals surface area contributed by atoms with Gasteiger partial charge in [0.05, 0.1) is 19.9 Å². The first kappa shape index (κ1) is 29.4. The Morgan fingerprint density at radius 2 is 1.56 bits per heavy atom. The van der Waals surface area contributed by atoms with Gasteiger partial charge in [0.15, 0.2) is 17.2 Å². The van der Waals surface area contributed by atoms with Crippen LogP contribution in [-0.4, -0.2) is 41.9 Å². The molecule has 0 radical (unpaired) electrons. The van der Waals surface area contributed by atoms with Gasteiger partial charge in [-0.3, -0.25) is 19.3 Å². The number of carbonyl (C=O) groups excluding carboxylic acids is 3. The Labute approximate surface area is 232 Å². The van der Waals surface area contributed by atoms with Gasteiger partial charge >= 0.3 is 0 Å². The fraction of sp³-hybridized carbons (Fsp3) is 0.357. The maximum atomic E-state index is 14.2. The number of nitrogens with one attached hydrogen (secondary N) is 1. The molecule has 0 aliphatic rings. The van der Waals surface area contributed by atoms with E-state index in [1.807, 2.05) is 32.9 Å². The molecule has 1 aromatic heterocycles. The number of anilines is 2. The molecule has 0 aliphatic carbocycles. The van der Waals surface area contributed by atoms with E-state index in [0.717, 1.165) is 17.1 Å². The van der Waals surface area contributed by atoms with E-state index in [1.54, 1.807) is 30.3 Å². The van der Waals surface area contributed by atoms with Gasteiger partial charge in [0, 0.05) is 11.2 Å². The van der Waals surface area contributed by atoms with Crippen molar-refractivity contribution in [3.8, 4) is 11.5 Å². The first-order chi connectivity index (χ1) is 18.3. The summed E-state index contributed by atoms with van der Waals surface area (Å²) in [5.74, 6) is -0.790. The minimum Gasteiger partial charge on any atom is -0.493 e. The molecular weight excluding hydrogens is 518 g/mol. The lowest BCUT2D eigenvalue weighted by atomic mass is 9.98. The van der Waals surface area contributed by atoms with E-state index >= 15 is 0 Å². The van der Waals surface area contributed by atoms with Crippen molar-refractivity contribution in [3.05, 3.63) is 64.2 Å². The normalized spacial score (nSPS) is 12.1. The smallest absolute Gasteiger partial charge is 0.273 e. The quantitative estimate of drug-likeness (QED) is 0.358. The third-order valence-corrected chi connectivity index (χ3v) is 6.79. The number of carbonyl (C=O) groups is 3. The molecular formula is C28H35N5O5S. The van der Waals surface area contributed by atoms with Crippen molar-refractivity contribution < 1.29 is 23.9 Å². The van der Waals surface area contributed by atoms with Crippen LogP contribution < -0.4 is 31.2 Å². The summed E-state index contributed by atoms with van der Waals surface area (Å²) in [5, 5.41) is 2.99. The van der Waals surface area contributed by atoms with Crippen LogP contribution in [0, 0.1) is 0 Å². The molecule has 3 aromatic rings. The van der Waals surface area contributed by atoms with Gasteiger partial charge < -0.3 is 26.3 Å². The average Bonchev–Trinajstić information content (AvgIpc) is 3.26. The van der Waals surface area contributed by atoms with Crippen LogP contribution in [0.4, 0.5) is 11.4 Å². The van der Waals surface area contributed by atoms with Crippen molar-refractivity contribution in [1.29, 1.82) is 0 Å². The van der Waals surface area contributed by atoms with Gasteiger partial charge in [0.1, 0.15) is 10.9 Å². The number of rotatable bonds is 9. The number of hydrogen-bond acceptors (Lipinski definition) is 8. The van der Waals surface area contributed by atoms with Crippen LogP contribution >= 0.6 is 11.5 Å². The Morgan fingerprint density at radius 3 is 2.05 bits per heavy atom. The molecule has 3 amide bonds. The van der Waals surface area contributed by atoms with E-state index in [0.29, 0.717) is 22.7 Å². The second kappa shape index (κ2) is 11.7. The molecule has 11 heteroatoms. The molecule has 0 saturated carbocycles. The van der Waals surface area contributed by atoms with Crippen LogP contribution in [0.15, 0.2) is 42.5 Å². The predicted molar refractivity (Wildman–Crippen MR) is 153 cm³/mol. The lowest BCUT2D eigenvalue weighted by molar-refractivity contribution is -0.123. The number of nitrogens with zero attached hydrogens (tertiary/aromatic N) is 2. The Balaban J connectivity index is 2.29. The minimum absolute atomic E-state index is 0.00854. The van der Waals surface area contributed by atoms with Crippen LogP contribution in [-0.2, 0) is 4.79 Å². The third kappa shape index (κ3) is 6.48. The molecule has 0 unspecified atom stereocenters.